The van der Waals surface area contributed by atoms with E-state index in [1.807, 2.05) is 18.2 Å². The van der Waals surface area contributed by atoms with Crippen LogP contribution in [0.2, 0.25) is 0 Å². The van der Waals surface area contributed by atoms with Gasteiger partial charge in [-0.25, -0.2) is 4.79 Å². The Bertz CT molecular complexity index is 433. The fourth-order valence-electron chi connectivity index (χ4n) is 1.98. The molecule has 1 unspecified atom stereocenters. The Morgan fingerprint density at radius 3 is 3.17 bits per heavy atom. The van der Waals surface area contributed by atoms with Crippen LogP contribution in [0.1, 0.15) is 23.6 Å². The molecule has 2 rings (SSSR count). The zero-order valence-electron chi connectivity index (χ0n) is 10.1. The fraction of sp³-hybridized carbons (Fsp3) is 0.462. The van der Waals surface area contributed by atoms with Crippen molar-refractivity contribution in [1.82, 2.24) is 0 Å². The van der Waals surface area contributed by atoms with E-state index in [-0.39, 0.29) is 19.3 Å². The van der Waals surface area contributed by atoms with E-state index in [0.29, 0.717) is 0 Å². The predicted octanol–water partition coefficient (Wildman–Crippen LogP) is 1.11. The van der Waals surface area contributed by atoms with Crippen LogP contribution in [0, 0.1) is 0 Å². The lowest BCUT2D eigenvalue weighted by Gasteiger charge is -2.19. The second kappa shape index (κ2) is 5.84. The van der Waals surface area contributed by atoms with Crippen LogP contribution in [0.15, 0.2) is 18.2 Å². The lowest BCUT2D eigenvalue weighted by atomic mass is 10.00. The van der Waals surface area contributed by atoms with Crippen molar-refractivity contribution in [2.45, 2.75) is 18.9 Å². The highest BCUT2D eigenvalue weighted by Crippen LogP contribution is 2.27. The number of hydrogen-bond acceptors (Lipinski definition) is 4. The van der Waals surface area contributed by atoms with E-state index in [9.17, 15) is 4.79 Å². The number of hydrogen-bond donors (Lipinski definition) is 2. The van der Waals surface area contributed by atoms with Gasteiger partial charge in [-0.05, 0) is 30.0 Å². The molecule has 3 N–H and O–H groups in total. The molecule has 1 aromatic carbocycles. The third kappa shape index (κ3) is 3.21. The minimum Gasteiger partial charge on any atom is -0.493 e. The van der Waals surface area contributed by atoms with Gasteiger partial charge in [-0.2, -0.15) is 0 Å². The maximum atomic E-state index is 10.3. The number of ether oxygens (including phenoxy) is 2. The Morgan fingerprint density at radius 2 is 2.39 bits per heavy atom. The molecule has 98 valence electrons. The molecule has 1 aromatic rings. The van der Waals surface area contributed by atoms with E-state index in [1.165, 1.54) is 0 Å². The standard InChI is InChI=1S/C13H17NO4/c14-11(7-17-8-13(15)16)9-3-4-12-10(6-9)2-1-5-18-12/h3-4,6,11H,1-2,5,7-8,14H2,(H,15,16). The number of rotatable bonds is 5. The highest BCUT2D eigenvalue weighted by Gasteiger charge is 2.14. The van der Waals surface area contributed by atoms with Gasteiger partial charge in [0.2, 0.25) is 0 Å². The van der Waals surface area contributed by atoms with Gasteiger partial charge in [0.1, 0.15) is 12.4 Å². The molecule has 0 aromatic heterocycles. The second-order valence-electron chi connectivity index (χ2n) is 4.33. The minimum atomic E-state index is -0.985. The van der Waals surface area contributed by atoms with E-state index < -0.39 is 5.97 Å². The van der Waals surface area contributed by atoms with Crippen LogP contribution in [-0.2, 0) is 16.0 Å². The van der Waals surface area contributed by atoms with Crippen LogP contribution in [0.4, 0.5) is 0 Å². The minimum absolute atomic E-state index is 0.200. The number of nitrogens with two attached hydrogens (primary N) is 1. The Kier molecular flexibility index (Phi) is 4.17. The summed E-state index contributed by atoms with van der Waals surface area (Å²) in [5.41, 5.74) is 8.06. The third-order valence-corrected chi connectivity index (χ3v) is 2.88. The molecular weight excluding hydrogens is 234 g/mol. The fourth-order valence-corrected chi connectivity index (χ4v) is 1.98. The van der Waals surface area contributed by atoms with Gasteiger partial charge < -0.3 is 20.3 Å². The van der Waals surface area contributed by atoms with Crippen LogP contribution >= 0.6 is 0 Å². The van der Waals surface area contributed by atoms with Gasteiger partial charge in [0, 0.05) is 0 Å². The Balaban J connectivity index is 1.97. The summed E-state index contributed by atoms with van der Waals surface area (Å²) in [6.07, 6.45) is 2.01. The Hall–Kier alpha value is -1.59. The molecule has 1 atom stereocenters. The third-order valence-electron chi connectivity index (χ3n) is 2.88. The summed E-state index contributed by atoms with van der Waals surface area (Å²) in [5, 5.41) is 8.47. The Morgan fingerprint density at radius 1 is 1.56 bits per heavy atom. The number of fused-ring (bicyclic) bond motifs is 1. The summed E-state index contributed by atoms with van der Waals surface area (Å²) in [5.74, 6) is -0.0651. The molecule has 1 aliphatic heterocycles. The van der Waals surface area contributed by atoms with Crippen LogP contribution in [0.3, 0.4) is 0 Å². The first-order chi connectivity index (χ1) is 8.66. The number of carboxylic acid groups (broad SMARTS) is 1. The SMILES string of the molecule is NC(COCC(=O)O)c1ccc2c(c1)CCCO2. The molecule has 5 nitrogen and oxygen atoms in total. The van der Waals surface area contributed by atoms with Crippen molar-refractivity contribution in [3.8, 4) is 5.75 Å². The molecule has 18 heavy (non-hydrogen) atoms. The summed E-state index contributed by atoms with van der Waals surface area (Å²) < 4.78 is 10.5. The maximum Gasteiger partial charge on any atom is 0.329 e. The molecule has 0 fully saturated rings. The zero-order chi connectivity index (χ0) is 13.0. The van der Waals surface area contributed by atoms with Crippen molar-refractivity contribution < 1.29 is 19.4 Å². The largest absolute Gasteiger partial charge is 0.493 e. The van der Waals surface area contributed by atoms with Gasteiger partial charge in [0.05, 0.1) is 19.3 Å². The zero-order valence-corrected chi connectivity index (χ0v) is 10.1. The molecule has 0 saturated carbocycles. The lowest BCUT2D eigenvalue weighted by Crippen LogP contribution is -2.20. The van der Waals surface area contributed by atoms with Gasteiger partial charge in [-0.3, -0.25) is 0 Å². The van der Waals surface area contributed by atoms with Gasteiger partial charge in [-0.15, -0.1) is 0 Å². The topological polar surface area (TPSA) is 81.8 Å². The normalized spacial score (nSPS) is 15.6. The summed E-state index contributed by atoms with van der Waals surface area (Å²) in [7, 11) is 0. The van der Waals surface area contributed by atoms with Crippen LogP contribution in [0.5, 0.6) is 5.75 Å². The second-order valence-corrected chi connectivity index (χ2v) is 4.33. The van der Waals surface area contributed by atoms with Crippen molar-refractivity contribution in [3.05, 3.63) is 29.3 Å². The molecule has 0 spiro atoms. The molecule has 0 bridgehead atoms. The predicted molar refractivity (Wildman–Crippen MR) is 65.6 cm³/mol. The van der Waals surface area contributed by atoms with Crippen molar-refractivity contribution in [2.24, 2.45) is 5.73 Å². The van der Waals surface area contributed by atoms with E-state index >= 15 is 0 Å². The van der Waals surface area contributed by atoms with Crippen LogP contribution < -0.4 is 10.5 Å². The molecule has 0 aliphatic carbocycles. The van der Waals surface area contributed by atoms with Gasteiger partial charge in [0.25, 0.3) is 0 Å². The highest BCUT2D eigenvalue weighted by molar-refractivity contribution is 5.68. The monoisotopic (exact) mass is 251 g/mol. The summed E-state index contributed by atoms with van der Waals surface area (Å²) >= 11 is 0. The molecule has 5 heteroatoms. The van der Waals surface area contributed by atoms with Crippen LogP contribution in [0.25, 0.3) is 0 Å². The summed E-state index contributed by atoms with van der Waals surface area (Å²) in [6.45, 7) is 0.647. The van der Waals surface area contributed by atoms with Crippen molar-refractivity contribution in [2.75, 3.05) is 19.8 Å². The van der Waals surface area contributed by atoms with E-state index in [4.69, 9.17) is 20.3 Å². The molecule has 1 heterocycles. The van der Waals surface area contributed by atoms with Gasteiger partial charge in [-0.1, -0.05) is 12.1 Å². The Labute approximate surface area is 106 Å². The molecule has 0 amide bonds. The average Bonchev–Trinajstić information content (AvgIpc) is 2.37. The number of carboxylic acids is 1. The lowest BCUT2D eigenvalue weighted by molar-refractivity contribution is -0.142. The van der Waals surface area contributed by atoms with Crippen LogP contribution in [-0.4, -0.2) is 30.9 Å². The first-order valence-corrected chi connectivity index (χ1v) is 5.97. The smallest absolute Gasteiger partial charge is 0.329 e. The van der Waals surface area contributed by atoms with E-state index in [0.717, 1.165) is 36.3 Å². The quantitative estimate of drug-likeness (QED) is 0.819. The number of aryl methyl sites for hydroxylation is 1. The summed E-state index contributed by atoms with van der Waals surface area (Å²) in [6, 6.07) is 5.53. The van der Waals surface area contributed by atoms with Crippen molar-refractivity contribution in [1.29, 1.82) is 0 Å². The maximum absolute atomic E-state index is 10.3. The number of carbonyl (C=O) groups is 1. The first kappa shape index (κ1) is 12.9. The highest BCUT2D eigenvalue weighted by atomic mass is 16.5. The number of benzene rings is 1. The van der Waals surface area contributed by atoms with E-state index in [1.54, 1.807) is 0 Å². The molecule has 0 radical (unpaired) electrons. The van der Waals surface area contributed by atoms with Crippen molar-refractivity contribution >= 4 is 5.97 Å². The number of aliphatic carboxylic acids is 1. The molecule has 1 aliphatic rings. The molecule has 0 saturated heterocycles. The summed E-state index contributed by atoms with van der Waals surface area (Å²) in [4.78, 5) is 10.3. The van der Waals surface area contributed by atoms with Crippen molar-refractivity contribution in [3.63, 3.8) is 0 Å². The molecular formula is C13H17NO4. The first-order valence-electron chi connectivity index (χ1n) is 5.97. The van der Waals surface area contributed by atoms with E-state index in [2.05, 4.69) is 0 Å². The van der Waals surface area contributed by atoms with Gasteiger partial charge in [0.15, 0.2) is 0 Å². The van der Waals surface area contributed by atoms with Gasteiger partial charge >= 0.3 is 5.97 Å². The average molecular weight is 251 g/mol.